The Bertz CT molecular complexity index is 85.0. The largest absolute Gasteiger partial charge is 0.465 e. The molecule has 0 aromatic heterocycles. The van der Waals surface area contributed by atoms with Crippen LogP contribution in [0.3, 0.4) is 0 Å². The minimum absolute atomic E-state index is 0. The SMILES string of the molecule is CCOC(=O)[C@@H](C)Br.S. The van der Waals surface area contributed by atoms with Gasteiger partial charge in [-0.15, -0.1) is 0 Å². The van der Waals surface area contributed by atoms with Crippen molar-refractivity contribution in [1.29, 1.82) is 0 Å². The number of halogens is 1. The first kappa shape index (κ1) is 12.0. The maximum absolute atomic E-state index is 10.5. The molecule has 0 amide bonds. The fourth-order valence-electron chi connectivity index (χ4n) is 0.257. The average molecular weight is 215 g/mol. The molecule has 0 saturated carbocycles. The topological polar surface area (TPSA) is 26.3 Å². The Hall–Kier alpha value is 0.300. The monoisotopic (exact) mass is 214 g/mol. The number of ether oxygens (including phenoxy) is 1. The summed E-state index contributed by atoms with van der Waals surface area (Å²) in [5.74, 6) is -0.201. The van der Waals surface area contributed by atoms with Crippen LogP contribution in [0, 0.1) is 0 Å². The zero-order chi connectivity index (χ0) is 6.57. The Morgan fingerprint density at radius 3 is 2.33 bits per heavy atom. The standard InChI is InChI=1S/C5H9BrO2.H2S/c1-3-8-5(7)4(2)6;/h4H,3H2,1-2H3;1H2/t4-;/m1./s1. The molecule has 0 unspecified atom stereocenters. The van der Waals surface area contributed by atoms with Gasteiger partial charge < -0.3 is 4.74 Å². The molecule has 2 nitrogen and oxygen atoms in total. The Labute approximate surface area is 70.5 Å². The highest BCUT2D eigenvalue weighted by molar-refractivity contribution is 9.10. The molecule has 1 atom stereocenters. The van der Waals surface area contributed by atoms with Crippen LogP contribution < -0.4 is 0 Å². The van der Waals surface area contributed by atoms with Crippen molar-refractivity contribution in [3.63, 3.8) is 0 Å². The summed E-state index contributed by atoms with van der Waals surface area (Å²) in [4.78, 5) is 10.3. The van der Waals surface area contributed by atoms with Crippen molar-refractivity contribution in [2.24, 2.45) is 0 Å². The van der Waals surface area contributed by atoms with E-state index in [0.29, 0.717) is 6.61 Å². The first-order valence-corrected chi connectivity index (χ1v) is 3.40. The van der Waals surface area contributed by atoms with Crippen molar-refractivity contribution in [2.75, 3.05) is 6.61 Å². The molecule has 0 saturated heterocycles. The van der Waals surface area contributed by atoms with Crippen molar-refractivity contribution in [3.05, 3.63) is 0 Å². The summed E-state index contributed by atoms with van der Waals surface area (Å²) in [6, 6.07) is 0. The number of carbonyl (C=O) groups is 1. The number of rotatable bonds is 2. The third-order valence-electron chi connectivity index (χ3n) is 0.611. The van der Waals surface area contributed by atoms with Gasteiger partial charge in [-0.2, -0.15) is 13.5 Å². The second-order valence-electron chi connectivity index (χ2n) is 1.37. The van der Waals surface area contributed by atoms with Crippen molar-refractivity contribution in [1.82, 2.24) is 0 Å². The number of esters is 1. The van der Waals surface area contributed by atoms with Gasteiger partial charge in [-0.05, 0) is 13.8 Å². The van der Waals surface area contributed by atoms with Crippen molar-refractivity contribution < 1.29 is 9.53 Å². The van der Waals surface area contributed by atoms with E-state index < -0.39 is 0 Å². The summed E-state index contributed by atoms with van der Waals surface area (Å²) < 4.78 is 4.62. The Morgan fingerprint density at radius 1 is 1.78 bits per heavy atom. The van der Waals surface area contributed by atoms with Crippen LogP contribution >= 0.6 is 29.4 Å². The molecular formula is C5H11BrO2S. The quantitative estimate of drug-likeness (QED) is 0.514. The lowest BCUT2D eigenvalue weighted by Crippen LogP contribution is -2.13. The predicted octanol–water partition coefficient (Wildman–Crippen LogP) is 1.45. The zero-order valence-corrected chi connectivity index (χ0v) is 8.06. The van der Waals surface area contributed by atoms with Crippen molar-refractivity contribution in [2.45, 2.75) is 18.7 Å². The lowest BCUT2D eigenvalue weighted by molar-refractivity contribution is -0.141. The minimum atomic E-state index is -0.201. The maximum atomic E-state index is 10.5. The molecule has 0 aromatic rings. The molecule has 0 rings (SSSR count). The molecule has 0 bridgehead atoms. The number of hydrogen-bond donors (Lipinski definition) is 0. The van der Waals surface area contributed by atoms with Gasteiger partial charge in [0.15, 0.2) is 0 Å². The molecule has 0 fully saturated rings. The van der Waals surface area contributed by atoms with Crippen molar-refractivity contribution >= 4 is 35.4 Å². The van der Waals surface area contributed by atoms with Crippen LogP contribution in [0.5, 0.6) is 0 Å². The van der Waals surface area contributed by atoms with Crippen LogP contribution in [0.4, 0.5) is 0 Å². The van der Waals surface area contributed by atoms with Gasteiger partial charge in [0.05, 0.1) is 6.61 Å². The van der Waals surface area contributed by atoms with Crippen molar-refractivity contribution in [3.8, 4) is 0 Å². The van der Waals surface area contributed by atoms with Gasteiger partial charge in [-0.1, -0.05) is 15.9 Å². The van der Waals surface area contributed by atoms with Gasteiger partial charge in [0, 0.05) is 0 Å². The smallest absolute Gasteiger partial charge is 0.319 e. The van der Waals surface area contributed by atoms with Crippen LogP contribution in [-0.4, -0.2) is 17.4 Å². The molecule has 0 spiro atoms. The fourth-order valence-corrected chi connectivity index (χ4v) is 0.389. The van der Waals surface area contributed by atoms with E-state index in [1.54, 1.807) is 13.8 Å². The van der Waals surface area contributed by atoms with E-state index in [2.05, 4.69) is 20.7 Å². The molecule has 4 heteroatoms. The van der Waals surface area contributed by atoms with E-state index in [1.165, 1.54) is 0 Å². The third kappa shape index (κ3) is 6.18. The van der Waals surface area contributed by atoms with Crippen LogP contribution in [0.1, 0.15) is 13.8 Å². The molecule has 9 heavy (non-hydrogen) atoms. The number of carbonyl (C=O) groups excluding carboxylic acids is 1. The van der Waals surface area contributed by atoms with Crippen LogP contribution in [0.15, 0.2) is 0 Å². The average Bonchev–Trinajstić information content (AvgIpc) is 1.67. The summed E-state index contributed by atoms with van der Waals surface area (Å²) in [6.07, 6.45) is 0. The first-order valence-electron chi connectivity index (χ1n) is 2.49. The minimum Gasteiger partial charge on any atom is -0.465 e. The van der Waals surface area contributed by atoms with Crippen LogP contribution in [0.2, 0.25) is 0 Å². The van der Waals surface area contributed by atoms with E-state index >= 15 is 0 Å². The summed E-state index contributed by atoms with van der Waals surface area (Å²) in [7, 11) is 0. The maximum Gasteiger partial charge on any atom is 0.319 e. The van der Waals surface area contributed by atoms with Gasteiger partial charge in [0.25, 0.3) is 0 Å². The number of alkyl halides is 1. The van der Waals surface area contributed by atoms with Gasteiger partial charge in [-0.3, -0.25) is 4.79 Å². The summed E-state index contributed by atoms with van der Waals surface area (Å²) in [5, 5.41) is 0. The first-order chi connectivity index (χ1) is 3.68. The molecule has 0 aliphatic carbocycles. The van der Waals surface area contributed by atoms with Crippen LogP contribution in [0.25, 0.3) is 0 Å². The molecule has 0 N–H and O–H groups in total. The van der Waals surface area contributed by atoms with E-state index in [0.717, 1.165) is 0 Å². The zero-order valence-electron chi connectivity index (χ0n) is 5.48. The molecule has 0 radical (unpaired) electrons. The normalized spacial score (nSPS) is 11.4. The molecule has 0 aromatic carbocycles. The van der Waals surface area contributed by atoms with Gasteiger partial charge in [-0.25, -0.2) is 0 Å². The Kier molecular flexibility index (Phi) is 8.58. The van der Waals surface area contributed by atoms with E-state index in [-0.39, 0.29) is 24.3 Å². The summed E-state index contributed by atoms with van der Waals surface area (Å²) >= 11 is 3.07. The molecule has 0 heterocycles. The van der Waals surface area contributed by atoms with Crippen LogP contribution in [-0.2, 0) is 9.53 Å². The van der Waals surface area contributed by atoms with Gasteiger partial charge >= 0.3 is 5.97 Å². The van der Waals surface area contributed by atoms with Gasteiger partial charge in [0.1, 0.15) is 4.83 Å². The van der Waals surface area contributed by atoms with E-state index in [9.17, 15) is 4.79 Å². The highest BCUT2D eigenvalue weighted by atomic mass is 79.9. The van der Waals surface area contributed by atoms with E-state index in [1.807, 2.05) is 0 Å². The highest BCUT2D eigenvalue weighted by Crippen LogP contribution is 1.98. The fraction of sp³-hybridized carbons (Fsp3) is 0.800. The summed E-state index contributed by atoms with van der Waals surface area (Å²) in [5.41, 5.74) is 0. The lowest BCUT2D eigenvalue weighted by Gasteiger charge is -2.00. The number of hydrogen-bond acceptors (Lipinski definition) is 2. The highest BCUT2D eigenvalue weighted by Gasteiger charge is 2.07. The lowest BCUT2D eigenvalue weighted by atomic mass is 10.5. The second kappa shape index (κ2) is 6.42. The third-order valence-corrected chi connectivity index (χ3v) is 0.985. The molecular weight excluding hydrogens is 204 g/mol. The molecule has 56 valence electrons. The van der Waals surface area contributed by atoms with E-state index in [4.69, 9.17) is 0 Å². The molecule has 0 aliphatic heterocycles. The molecule has 0 aliphatic rings. The second-order valence-corrected chi connectivity index (χ2v) is 2.74. The predicted molar refractivity (Wildman–Crippen MR) is 45.4 cm³/mol. The summed E-state index contributed by atoms with van der Waals surface area (Å²) in [6.45, 7) is 3.97. The Morgan fingerprint density at radius 2 is 2.22 bits per heavy atom. The Balaban J connectivity index is 0. The van der Waals surface area contributed by atoms with Gasteiger partial charge in [0.2, 0.25) is 0 Å².